The van der Waals surface area contributed by atoms with Crippen molar-refractivity contribution in [3.8, 4) is 11.5 Å². The molecule has 2 fully saturated rings. The Hall–Kier alpha value is -0.990. The zero-order valence-electron chi connectivity index (χ0n) is 14.3. The molecule has 1 N–H and O–H groups in total. The molecule has 1 aliphatic carbocycles. The Morgan fingerprint density at radius 2 is 1.96 bits per heavy atom. The third kappa shape index (κ3) is 3.97. The fourth-order valence-corrected chi connectivity index (χ4v) is 4.98. The first-order valence-electron chi connectivity index (χ1n) is 8.42. The summed E-state index contributed by atoms with van der Waals surface area (Å²) in [7, 11) is 1.46. The number of nitrogens with zero attached hydrogens (tertiary/aromatic N) is 1. The Morgan fingerprint density at radius 3 is 2.62 bits per heavy atom. The van der Waals surface area contributed by atoms with Crippen LogP contribution in [0.1, 0.15) is 37.7 Å². The Labute approximate surface area is 173 Å². The first-order chi connectivity index (χ1) is 12.4. The Balaban J connectivity index is 1.85. The highest BCUT2D eigenvalue weighted by atomic mass is 79.9. The number of imide groups is 1. The van der Waals surface area contributed by atoms with Crippen LogP contribution >= 0.6 is 43.6 Å². The Morgan fingerprint density at radius 1 is 1.27 bits per heavy atom. The molecule has 2 aliphatic rings. The highest BCUT2D eigenvalue weighted by molar-refractivity contribution is 9.13. The molecule has 0 unspecified atom stereocenters. The van der Waals surface area contributed by atoms with Crippen LogP contribution < -0.4 is 4.74 Å². The van der Waals surface area contributed by atoms with Crippen LogP contribution in [0.25, 0.3) is 6.08 Å². The molecule has 1 aromatic rings. The van der Waals surface area contributed by atoms with E-state index < -0.39 is 0 Å². The number of amides is 2. The summed E-state index contributed by atoms with van der Waals surface area (Å²) in [5, 5.41) is 9.81. The Kier molecular flexibility index (Phi) is 6.35. The zero-order valence-corrected chi connectivity index (χ0v) is 18.2. The van der Waals surface area contributed by atoms with Gasteiger partial charge in [-0.05, 0) is 80.1 Å². The normalized spacial score (nSPS) is 20.3. The summed E-state index contributed by atoms with van der Waals surface area (Å²) in [6, 6.07) is 1.62. The molecular weight excluding hydrogens is 486 g/mol. The summed E-state index contributed by atoms with van der Waals surface area (Å²) in [5.74, 6) is 0.418. The second-order valence-electron chi connectivity index (χ2n) is 6.44. The average molecular weight is 505 g/mol. The van der Waals surface area contributed by atoms with Gasteiger partial charge in [0.05, 0.1) is 16.5 Å². The van der Waals surface area contributed by atoms with Gasteiger partial charge in [-0.1, -0.05) is 19.3 Å². The third-order valence-electron chi connectivity index (χ3n) is 4.72. The van der Waals surface area contributed by atoms with E-state index in [2.05, 4.69) is 31.9 Å². The number of phenolic OH excluding ortho intramolecular Hbond substituents is 1. The number of hydrogen-bond donors (Lipinski definition) is 1. The molecule has 0 spiro atoms. The molecule has 0 atom stereocenters. The second-order valence-corrected chi connectivity index (χ2v) is 9.02. The van der Waals surface area contributed by atoms with E-state index in [0.29, 0.717) is 31.9 Å². The number of benzene rings is 1. The molecule has 0 bridgehead atoms. The molecular formula is C18H19Br2NO4S. The summed E-state index contributed by atoms with van der Waals surface area (Å²) in [6.07, 6.45) is 7.39. The van der Waals surface area contributed by atoms with Crippen molar-refractivity contribution >= 4 is 60.8 Å². The summed E-state index contributed by atoms with van der Waals surface area (Å²) in [5.41, 5.74) is 0.648. The van der Waals surface area contributed by atoms with Crippen LogP contribution in [0.3, 0.4) is 0 Å². The minimum atomic E-state index is -0.249. The molecule has 3 rings (SSSR count). The van der Waals surface area contributed by atoms with Gasteiger partial charge in [-0.2, -0.15) is 0 Å². The van der Waals surface area contributed by atoms with Gasteiger partial charge in [0.25, 0.3) is 11.1 Å². The molecule has 1 heterocycles. The van der Waals surface area contributed by atoms with Crippen molar-refractivity contribution in [1.82, 2.24) is 4.90 Å². The number of phenols is 1. The van der Waals surface area contributed by atoms with Gasteiger partial charge in [0, 0.05) is 11.0 Å². The lowest BCUT2D eigenvalue weighted by Gasteiger charge is -2.25. The van der Waals surface area contributed by atoms with Crippen LogP contribution in [-0.2, 0) is 4.79 Å². The number of halogens is 2. The molecule has 1 saturated heterocycles. The van der Waals surface area contributed by atoms with Crippen molar-refractivity contribution in [2.24, 2.45) is 5.92 Å². The lowest BCUT2D eigenvalue weighted by Crippen LogP contribution is -2.34. The van der Waals surface area contributed by atoms with Crippen molar-refractivity contribution < 1.29 is 19.4 Å². The SMILES string of the molecule is COc1cc(/C=C2/SC(=O)N(CC3CCCCC3)C2=O)c(Br)c(Br)c1O. The van der Waals surface area contributed by atoms with Gasteiger partial charge in [0.1, 0.15) is 0 Å². The number of rotatable bonds is 4. The first-order valence-corrected chi connectivity index (χ1v) is 10.8. The summed E-state index contributed by atoms with van der Waals surface area (Å²) >= 11 is 7.66. The quantitative estimate of drug-likeness (QED) is 0.545. The van der Waals surface area contributed by atoms with E-state index in [9.17, 15) is 14.7 Å². The monoisotopic (exact) mass is 503 g/mol. The van der Waals surface area contributed by atoms with Crippen molar-refractivity contribution in [2.45, 2.75) is 32.1 Å². The van der Waals surface area contributed by atoms with Crippen LogP contribution in [0.15, 0.2) is 19.9 Å². The van der Waals surface area contributed by atoms with Crippen LogP contribution in [0.2, 0.25) is 0 Å². The maximum absolute atomic E-state index is 12.7. The lowest BCUT2D eigenvalue weighted by molar-refractivity contribution is -0.123. The van der Waals surface area contributed by atoms with Gasteiger partial charge >= 0.3 is 0 Å². The van der Waals surface area contributed by atoms with Crippen molar-refractivity contribution in [2.75, 3.05) is 13.7 Å². The van der Waals surface area contributed by atoms with E-state index in [1.807, 2.05) is 0 Å². The van der Waals surface area contributed by atoms with E-state index >= 15 is 0 Å². The fourth-order valence-electron chi connectivity index (χ4n) is 3.30. The summed E-state index contributed by atoms with van der Waals surface area (Å²) in [6.45, 7) is 0.506. The van der Waals surface area contributed by atoms with E-state index in [-0.39, 0.29) is 22.6 Å². The van der Waals surface area contributed by atoms with Gasteiger partial charge < -0.3 is 9.84 Å². The average Bonchev–Trinajstić information content (AvgIpc) is 2.90. The standard InChI is InChI=1S/C18H19Br2NO4S/c1-25-12-7-11(14(19)15(20)16(12)22)8-13-17(23)21(18(24)26-13)9-10-5-3-2-4-6-10/h7-8,10,22H,2-6,9H2,1H3/b13-8+. The third-order valence-corrected chi connectivity index (χ3v) is 7.79. The van der Waals surface area contributed by atoms with Gasteiger partial charge in [0.15, 0.2) is 11.5 Å². The number of carbonyl (C=O) groups is 2. The number of thioether (sulfide) groups is 1. The molecule has 0 aromatic heterocycles. The molecule has 8 heteroatoms. The van der Waals surface area contributed by atoms with Crippen LogP contribution in [0.4, 0.5) is 4.79 Å². The molecule has 1 aromatic carbocycles. The van der Waals surface area contributed by atoms with E-state index in [4.69, 9.17) is 4.74 Å². The highest BCUT2D eigenvalue weighted by Crippen LogP contribution is 2.43. The summed E-state index contributed by atoms with van der Waals surface area (Å²) in [4.78, 5) is 26.8. The van der Waals surface area contributed by atoms with Gasteiger partial charge in [0.2, 0.25) is 0 Å². The highest BCUT2D eigenvalue weighted by Gasteiger charge is 2.36. The van der Waals surface area contributed by atoms with Crippen molar-refractivity contribution in [3.63, 3.8) is 0 Å². The van der Waals surface area contributed by atoms with Crippen molar-refractivity contribution in [1.29, 1.82) is 0 Å². The smallest absolute Gasteiger partial charge is 0.293 e. The minimum absolute atomic E-state index is 0.0260. The number of methoxy groups -OCH3 is 1. The van der Waals surface area contributed by atoms with Crippen molar-refractivity contribution in [3.05, 3.63) is 25.5 Å². The van der Waals surface area contributed by atoms with Crippen LogP contribution in [0.5, 0.6) is 11.5 Å². The maximum atomic E-state index is 12.7. The number of aromatic hydroxyl groups is 1. The van der Waals surface area contributed by atoms with Gasteiger partial charge in [-0.15, -0.1) is 0 Å². The van der Waals surface area contributed by atoms with Crippen LogP contribution in [0, 0.1) is 5.92 Å². The fraction of sp³-hybridized carbons (Fsp3) is 0.444. The van der Waals surface area contributed by atoms with E-state index in [0.717, 1.165) is 24.6 Å². The second kappa shape index (κ2) is 8.35. The molecule has 26 heavy (non-hydrogen) atoms. The lowest BCUT2D eigenvalue weighted by atomic mass is 9.89. The topological polar surface area (TPSA) is 66.8 Å². The molecule has 140 valence electrons. The number of hydrogen-bond acceptors (Lipinski definition) is 5. The maximum Gasteiger partial charge on any atom is 0.293 e. The first kappa shape index (κ1) is 19.8. The summed E-state index contributed by atoms with van der Waals surface area (Å²) < 4.78 is 6.18. The van der Waals surface area contributed by atoms with Crippen LogP contribution in [-0.4, -0.2) is 34.8 Å². The number of ether oxygens (including phenoxy) is 1. The largest absolute Gasteiger partial charge is 0.503 e. The van der Waals surface area contributed by atoms with Gasteiger partial charge in [-0.25, -0.2) is 0 Å². The molecule has 1 aliphatic heterocycles. The predicted octanol–water partition coefficient (Wildman–Crippen LogP) is 5.54. The predicted molar refractivity (Wildman–Crippen MR) is 109 cm³/mol. The minimum Gasteiger partial charge on any atom is -0.503 e. The Bertz CT molecular complexity index is 775. The molecule has 1 saturated carbocycles. The van der Waals surface area contributed by atoms with E-state index in [1.165, 1.54) is 31.3 Å². The number of carbonyl (C=O) groups excluding carboxylic acids is 2. The molecule has 0 radical (unpaired) electrons. The van der Waals surface area contributed by atoms with Gasteiger partial charge in [-0.3, -0.25) is 14.5 Å². The van der Waals surface area contributed by atoms with E-state index in [1.54, 1.807) is 12.1 Å². The zero-order chi connectivity index (χ0) is 18.8. The molecule has 5 nitrogen and oxygen atoms in total. The molecule has 2 amide bonds.